The van der Waals surface area contributed by atoms with Crippen LogP contribution in [0.25, 0.3) is 0 Å². The second-order valence-corrected chi connectivity index (χ2v) is 4.26. The molecule has 0 aromatic rings. The quantitative estimate of drug-likeness (QED) is 0.642. The summed E-state index contributed by atoms with van der Waals surface area (Å²) in [6, 6.07) is 0. The molecular weight excluding hydrogens is 210 g/mol. The Balaban J connectivity index is 4.31. The van der Waals surface area contributed by atoms with Gasteiger partial charge in [-0.15, -0.1) is 0 Å². The number of carbonyl (C=O) groups excluding carboxylic acids is 1. The summed E-state index contributed by atoms with van der Waals surface area (Å²) in [5, 5.41) is 11.6. The van der Waals surface area contributed by atoms with Gasteiger partial charge < -0.3 is 15.2 Å². The van der Waals surface area contributed by atoms with Crippen molar-refractivity contribution in [3.05, 3.63) is 0 Å². The van der Waals surface area contributed by atoms with Crippen molar-refractivity contribution in [3.8, 4) is 0 Å². The van der Waals surface area contributed by atoms with Crippen LogP contribution in [0.1, 0.15) is 34.1 Å². The zero-order valence-electron chi connectivity index (χ0n) is 10.4. The predicted molar refractivity (Wildman–Crippen MR) is 60.1 cm³/mol. The van der Waals surface area contributed by atoms with Gasteiger partial charge in [-0.25, -0.2) is 4.79 Å². The van der Waals surface area contributed by atoms with Gasteiger partial charge in [-0.2, -0.15) is 0 Å². The number of hydrogen-bond donors (Lipinski definition) is 2. The molecule has 5 nitrogen and oxygen atoms in total. The molecule has 0 aromatic carbocycles. The van der Waals surface area contributed by atoms with E-state index in [2.05, 4.69) is 5.32 Å². The molecule has 0 aliphatic carbocycles. The molecule has 0 radical (unpaired) electrons. The van der Waals surface area contributed by atoms with Crippen LogP contribution in [0.5, 0.6) is 0 Å². The van der Waals surface area contributed by atoms with Crippen LogP contribution in [0, 0.1) is 5.92 Å². The Labute approximate surface area is 96.2 Å². The Hall–Kier alpha value is -1.10. The Morgan fingerprint density at radius 1 is 1.44 bits per heavy atom. The smallest absolute Gasteiger partial charge is 0.329 e. The molecule has 1 atom stereocenters. The molecule has 0 aliphatic heterocycles. The monoisotopic (exact) mass is 231 g/mol. The number of carboxylic acids is 1. The fraction of sp³-hybridized carbons (Fsp3) is 0.818. The lowest BCUT2D eigenvalue weighted by atomic mass is 9.88. The molecule has 2 N–H and O–H groups in total. The molecule has 0 saturated carbocycles. The summed E-state index contributed by atoms with van der Waals surface area (Å²) >= 11 is 0. The minimum absolute atomic E-state index is 0.0938. The number of nitrogens with one attached hydrogen (secondary N) is 1. The van der Waals surface area contributed by atoms with Crippen LogP contribution >= 0.6 is 0 Å². The molecule has 0 saturated heterocycles. The van der Waals surface area contributed by atoms with Crippen LogP contribution in [-0.2, 0) is 14.3 Å². The van der Waals surface area contributed by atoms with Crippen LogP contribution in [0.3, 0.4) is 0 Å². The van der Waals surface area contributed by atoms with Crippen molar-refractivity contribution in [2.24, 2.45) is 5.92 Å². The van der Waals surface area contributed by atoms with Crippen molar-refractivity contribution in [2.45, 2.75) is 39.7 Å². The molecule has 0 heterocycles. The first-order valence-electron chi connectivity index (χ1n) is 5.46. The van der Waals surface area contributed by atoms with E-state index in [1.54, 1.807) is 13.8 Å². The first kappa shape index (κ1) is 14.9. The maximum absolute atomic E-state index is 11.4. The molecular formula is C11H21NO4. The Morgan fingerprint density at radius 2 is 2.00 bits per heavy atom. The highest BCUT2D eigenvalue weighted by Gasteiger charge is 2.37. The zero-order valence-corrected chi connectivity index (χ0v) is 10.4. The van der Waals surface area contributed by atoms with Gasteiger partial charge in [0.25, 0.3) is 0 Å². The van der Waals surface area contributed by atoms with E-state index in [1.165, 1.54) is 6.92 Å². The molecule has 94 valence electrons. The maximum Gasteiger partial charge on any atom is 0.329 e. The topological polar surface area (TPSA) is 75.6 Å². The van der Waals surface area contributed by atoms with E-state index in [-0.39, 0.29) is 12.5 Å². The SMILES string of the molecule is CCCOCC(=O)NC(C)(C(=O)O)C(C)C. The minimum Gasteiger partial charge on any atom is -0.480 e. The van der Waals surface area contributed by atoms with Crippen molar-refractivity contribution in [3.63, 3.8) is 0 Å². The summed E-state index contributed by atoms with van der Waals surface area (Å²) < 4.78 is 5.04. The van der Waals surface area contributed by atoms with Crippen molar-refractivity contribution in [1.82, 2.24) is 5.32 Å². The van der Waals surface area contributed by atoms with Crippen molar-refractivity contribution < 1.29 is 19.4 Å². The second-order valence-electron chi connectivity index (χ2n) is 4.26. The van der Waals surface area contributed by atoms with Gasteiger partial charge in [-0.1, -0.05) is 20.8 Å². The first-order chi connectivity index (χ1) is 7.34. The van der Waals surface area contributed by atoms with E-state index >= 15 is 0 Å². The van der Waals surface area contributed by atoms with Crippen molar-refractivity contribution in [2.75, 3.05) is 13.2 Å². The fourth-order valence-corrected chi connectivity index (χ4v) is 1.08. The summed E-state index contributed by atoms with van der Waals surface area (Å²) in [6.07, 6.45) is 0.827. The van der Waals surface area contributed by atoms with Crippen molar-refractivity contribution >= 4 is 11.9 Å². The second kappa shape index (κ2) is 6.48. The molecule has 1 amide bonds. The number of rotatable bonds is 7. The van der Waals surface area contributed by atoms with E-state index in [4.69, 9.17) is 9.84 Å². The van der Waals surface area contributed by atoms with Crippen LogP contribution in [0.4, 0.5) is 0 Å². The van der Waals surface area contributed by atoms with Gasteiger partial charge in [-0.3, -0.25) is 4.79 Å². The molecule has 16 heavy (non-hydrogen) atoms. The highest BCUT2D eigenvalue weighted by Crippen LogP contribution is 2.16. The van der Waals surface area contributed by atoms with Gasteiger partial charge in [0.1, 0.15) is 12.1 Å². The summed E-state index contributed by atoms with van der Waals surface area (Å²) in [4.78, 5) is 22.5. The van der Waals surface area contributed by atoms with E-state index in [0.717, 1.165) is 6.42 Å². The third-order valence-electron chi connectivity index (χ3n) is 2.58. The van der Waals surface area contributed by atoms with Crippen LogP contribution in [0.2, 0.25) is 0 Å². The molecule has 5 heteroatoms. The third kappa shape index (κ3) is 4.18. The Morgan fingerprint density at radius 3 is 2.38 bits per heavy atom. The van der Waals surface area contributed by atoms with Crippen LogP contribution < -0.4 is 5.32 Å². The van der Waals surface area contributed by atoms with Gasteiger partial charge in [0.2, 0.25) is 5.91 Å². The van der Waals surface area contributed by atoms with E-state index in [1.807, 2.05) is 6.92 Å². The summed E-state index contributed by atoms with van der Waals surface area (Å²) in [5.41, 5.74) is -1.24. The maximum atomic E-state index is 11.4. The molecule has 0 aliphatic rings. The number of ether oxygens (including phenoxy) is 1. The van der Waals surface area contributed by atoms with E-state index in [0.29, 0.717) is 6.61 Å². The largest absolute Gasteiger partial charge is 0.480 e. The lowest BCUT2D eigenvalue weighted by molar-refractivity contribution is -0.149. The lowest BCUT2D eigenvalue weighted by Gasteiger charge is -2.30. The third-order valence-corrected chi connectivity index (χ3v) is 2.58. The first-order valence-corrected chi connectivity index (χ1v) is 5.46. The van der Waals surface area contributed by atoms with Crippen LogP contribution in [0.15, 0.2) is 0 Å². The van der Waals surface area contributed by atoms with E-state index < -0.39 is 17.4 Å². The standard InChI is InChI=1S/C11H21NO4/c1-5-6-16-7-9(13)12-11(4,8(2)3)10(14)15/h8H,5-7H2,1-4H3,(H,12,13)(H,14,15). The Kier molecular flexibility index (Phi) is 6.03. The van der Waals surface area contributed by atoms with Gasteiger partial charge in [-0.05, 0) is 19.3 Å². The number of hydrogen-bond acceptors (Lipinski definition) is 3. The molecule has 1 unspecified atom stereocenters. The summed E-state index contributed by atoms with van der Waals surface area (Å²) in [7, 11) is 0. The molecule has 0 bridgehead atoms. The number of aliphatic carboxylic acids is 1. The van der Waals surface area contributed by atoms with Crippen molar-refractivity contribution in [1.29, 1.82) is 0 Å². The normalized spacial score (nSPS) is 14.6. The predicted octanol–water partition coefficient (Wildman–Crippen LogP) is 1.03. The summed E-state index contributed by atoms with van der Waals surface area (Å²) in [6.45, 7) is 7.34. The Bertz CT molecular complexity index is 252. The number of carboxylic acid groups (broad SMARTS) is 1. The molecule has 0 aromatic heterocycles. The molecule has 0 rings (SSSR count). The number of carbonyl (C=O) groups is 2. The van der Waals surface area contributed by atoms with Crippen LogP contribution in [-0.4, -0.2) is 35.7 Å². The molecule has 0 fully saturated rings. The highest BCUT2D eigenvalue weighted by atomic mass is 16.5. The summed E-state index contributed by atoms with van der Waals surface area (Å²) in [5.74, 6) is -1.63. The average molecular weight is 231 g/mol. The fourth-order valence-electron chi connectivity index (χ4n) is 1.08. The lowest BCUT2D eigenvalue weighted by Crippen LogP contribution is -2.56. The van der Waals surface area contributed by atoms with E-state index in [9.17, 15) is 9.59 Å². The minimum atomic E-state index is -1.24. The van der Waals surface area contributed by atoms with Gasteiger partial charge in [0.15, 0.2) is 0 Å². The van der Waals surface area contributed by atoms with Gasteiger partial charge in [0.05, 0.1) is 0 Å². The average Bonchev–Trinajstić information content (AvgIpc) is 2.17. The van der Waals surface area contributed by atoms with Gasteiger partial charge >= 0.3 is 5.97 Å². The zero-order chi connectivity index (χ0) is 12.8. The molecule has 0 spiro atoms. The highest BCUT2D eigenvalue weighted by molar-refractivity contribution is 5.87. The number of amides is 1. The van der Waals surface area contributed by atoms with Gasteiger partial charge in [0, 0.05) is 6.61 Å².